The van der Waals surface area contributed by atoms with Crippen LogP contribution in [0.1, 0.15) is 36.0 Å². The number of hydrogen-bond acceptors (Lipinski definition) is 3. The number of para-hydroxylation sites is 1. The van der Waals surface area contributed by atoms with Gasteiger partial charge in [0.1, 0.15) is 0 Å². The summed E-state index contributed by atoms with van der Waals surface area (Å²) in [6.07, 6.45) is 4.09. The molecule has 28 heavy (non-hydrogen) atoms. The molecule has 1 amide bonds. The van der Waals surface area contributed by atoms with E-state index < -0.39 is 10.0 Å². The number of piperidine rings is 1. The zero-order valence-electron chi connectivity index (χ0n) is 16.2. The average Bonchev–Trinajstić information content (AvgIpc) is 3.15. The summed E-state index contributed by atoms with van der Waals surface area (Å²) in [6.45, 7) is 3.93. The highest BCUT2D eigenvalue weighted by molar-refractivity contribution is 7.89. The van der Waals surface area contributed by atoms with Gasteiger partial charge in [-0.05, 0) is 55.0 Å². The van der Waals surface area contributed by atoms with Crippen LogP contribution < -0.4 is 4.90 Å². The number of amides is 1. The summed E-state index contributed by atoms with van der Waals surface area (Å²) < 4.78 is 27.1. The van der Waals surface area contributed by atoms with Crippen molar-refractivity contribution in [2.75, 3.05) is 24.5 Å². The van der Waals surface area contributed by atoms with E-state index in [4.69, 9.17) is 0 Å². The van der Waals surface area contributed by atoms with Crippen molar-refractivity contribution in [3.05, 3.63) is 59.2 Å². The van der Waals surface area contributed by atoms with Crippen LogP contribution in [0.4, 0.5) is 5.69 Å². The van der Waals surface area contributed by atoms with Crippen molar-refractivity contribution in [2.45, 2.75) is 43.9 Å². The summed E-state index contributed by atoms with van der Waals surface area (Å²) >= 11 is 0. The van der Waals surface area contributed by atoms with E-state index in [0.29, 0.717) is 24.5 Å². The maximum Gasteiger partial charge on any atom is 0.243 e. The molecular weight excluding hydrogens is 372 g/mol. The maximum absolute atomic E-state index is 12.9. The fraction of sp³-hybridized carbons (Fsp3) is 0.409. The second-order valence-electron chi connectivity index (χ2n) is 7.66. The number of aryl methyl sites for hydroxylation is 1. The van der Waals surface area contributed by atoms with Gasteiger partial charge in [-0.2, -0.15) is 4.31 Å². The minimum atomic E-state index is -3.43. The largest absolute Gasteiger partial charge is 0.311 e. The first kappa shape index (κ1) is 19.2. The summed E-state index contributed by atoms with van der Waals surface area (Å²) in [5, 5.41) is 0. The third-order valence-electron chi connectivity index (χ3n) is 5.73. The highest BCUT2D eigenvalue weighted by Crippen LogP contribution is 2.32. The summed E-state index contributed by atoms with van der Waals surface area (Å²) in [5.41, 5.74) is 4.21. The normalized spacial score (nSPS) is 17.5. The zero-order chi connectivity index (χ0) is 19.7. The van der Waals surface area contributed by atoms with Gasteiger partial charge in [0.15, 0.2) is 0 Å². The molecule has 0 aromatic heterocycles. The average molecular weight is 399 g/mol. The minimum absolute atomic E-state index is 0.0553. The molecule has 0 bridgehead atoms. The molecule has 2 aliphatic rings. The third-order valence-corrected chi connectivity index (χ3v) is 7.64. The Hall–Kier alpha value is -2.18. The Balaban J connectivity index is 1.48. The van der Waals surface area contributed by atoms with E-state index in [0.717, 1.165) is 42.5 Å². The van der Waals surface area contributed by atoms with Gasteiger partial charge < -0.3 is 4.90 Å². The van der Waals surface area contributed by atoms with Crippen LogP contribution in [0.3, 0.4) is 0 Å². The van der Waals surface area contributed by atoms with E-state index in [-0.39, 0.29) is 12.3 Å². The first-order valence-electron chi connectivity index (χ1n) is 9.95. The van der Waals surface area contributed by atoms with E-state index in [1.165, 1.54) is 5.56 Å². The fourth-order valence-electron chi connectivity index (χ4n) is 4.20. The van der Waals surface area contributed by atoms with Gasteiger partial charge in [0, 0.05) is 25.3 Å². The molecule has 2 heterocycles. The Kier molecular flexibility index (Phi) is 5.25. The first-order valence-corrected chi connectivity index (χ1v) is 11.4. The predicted octanol–water partition coefficient (Wildman–Crippen LogP) is 3.30. The number of benzene rings is 2. The van der Waals surface area contributed by atoms with E-state index in [1.807, 2.05) is 24.0 Å². The van der Waals surface area contributed by atoms with E-state index in [2.05, 4.69) is 6.07 Å². The van der Waals surface area contributed by atoms with Crippen LogP contribution in [0, 0.1) is 6.92 Å². The van der Waals surface area contributed by atoms with Crippen molar-refractivity contribution >= 4 is 21.6 Å². The van der Waals surface area contributed by atoms with Crippen LogP contribution in [-0.2, 0) is 27.7 Å². The lowest BCUT2D eigenvalue weighted by molar-refractivity contribution is -0.117. The summed E-state index contributed by atoms with van der Waals surface area (Å²) in [7, 11) is -3.43. The highest BCUT2D eigenvalue weighted by Gasteiger charge is 2.27. The minimum Gasteiger partial charge on any atom is -0.311 e. The molecule has 2 aromatic rings. The molecule has 1 fully saturated rings. The van der Waals surface area contributed by atoms with Gasteiger partial charge in [0.2, 0.25) is 15.9 Å². The molecular formula is C22H26N2O3S. The third kappa shape index (κ3) is 3.59. The van der Waals surface area contributed by atoms with E-state index in [1.54, 1.807) is 28.6 Å². The lowest BCUT2D eigenvalue weighted by Gasteiger charge is -2.26. The van der Waals surface area contributed by atoms with Crippen molar-refractivity contribution < 1.29 is 13.2 Å². The Morgan fingerprint density at radius 2 is 1.68 bits per heavy atom. The molecule has 0 N–H and O–H groups in total. The molecule has 0 spiro atoms. The van der Waals surface area contributed by atoms with E-state index in [9.17, 15) is 13.2 Å². The molecule has 0 atom stereocenters. The van der Waals surface area contributed by atoms with E-state index >= 15 is 0 Å². The molecule has 0 saturated carbocycles. The van der Waals surface area contributed by atoms with Crippen molar-refractivity contribution in [3.8, 4) is 0 Å². The van der Waals surface area contributed by atoms with Crippen LogP contribution in [0.25, 0.3) is 0 Å². The molecule has 5 nitrogen and oxygen atoms in total. The van der Waals surface area contributed by atoms with Crippen LogP contribution in [-0.4, -0.2) is 38.3 Å². The van der Waals surface area contributed by atoms with Crippen molar-refractivity contribution in [1.82, 2.24) is 4.31 Å². The Labute approximate surface area is 167 Å². The number of sulfonamides is 1. The fourth-order valence-corrected chi connectivity index (χ4v) is 5.72. The van der Waals surface area contributed by atoms with Gasteiger partial charge in [0.05, 0.1) is 11.3 Å². The number of hydrogen-bond donors (Lipinski definition) is 0. The van der Waals surface area contributed by atoms with Gasteiger partial charge in [0.25, 0.3) is 0 Å². The molecule has 2 aliphatic heterocycles. The molecule has 0 aliphatic carbocycles. The monoisotopic (exact) mass is 398 g/mol. The maximum atomic E-state index is 12.9. The van der Waals surface area contributed by atoms with Crippen LogP contribution >= 0.6 is 0 Å². The second-order valence-corrected chi connectivity index (χ2v) is 9.60. The summed E-state index contributed by atoms with van der Waals surface area (Å²) in [4.78, 5) is 15.0. The van der Waals surface area contributed by atoms with Gasteiger partial charge in [-0.25, -0.2) is 8.42 Å². The number of nitrogens with zero attached hydrogens (tertiary/aromatic N) is 2. The van der Waals surface area contributed by atoms with Crippen LogP contribution in [0.15, 0.2) is 47.4 Å². The summed E-state index contributed by atoms with van der Waals surface area (Å²) in [5.74, 6) is 0.0553. The Morgan fingerprint density at radius 3 is 2.39 bits per heavy atom. The Morgan fingerprint density at radius 1 is 0.964 bits per heavy atom. The molecule has 148 valence electrons. The molecule has 0 radical (unpaired) electrons. The number of rotatable bonds is 4. The standard InChI is InChI=1S/C22H26N2O3S/c1-17-6-5-7-19-12-15-24(22(17)19)21(25)16-18-8-10-20(11-9-18)28(26,27)23-13-3-2-4-14-23/h5-11H,2-4,12-16H2,1H3. The lowest BCUT2D eigenvalue weighted by atomic mass is 10.1. The van der Waals surface area contributed by atoms with Crippen LogP contribution in [0.2, 0.25) is 0 Å². The van der Waals surface area contributed by atoms with Crippen molar-refractivity contribution in [1.29, 1.82) is 0 Å². The predicted molar refractivity (Wildman–Crippen MR) is 110 cm³/mol. The second kappa shape index (κ2) is 7.68. The zero-order valence-corrected chi connectivity index (χ0v) is 17.0. The van der Waals surface area contributed by atoms with Gasteiger partial charge in [-0.15, -0.1) is 0 Å². The quantitative estimate of drug-likeness (QED) is 0.794. The molecule has 4 rings (SSSR count). The molecule has 1 saturated heterocycles. The van der Waals surface area contributed by atoms with Gasteiger partial charge in [-0.1, -0.05) is 36.8 Å². The molecule has 6 heteroatoms. The van der Waals surface area contributed by atoms with Crippen molar-refractivity contribution in [2.24, 2.45) is 0 Å². The highest BCUT2D eigenvalue weighted by atomic mass is 32.2. The number of carbonyl (C=O) groups is 1. The first-order chi connectivity index (χ1) is 13.5. The smallest absolute Gasteiger partial charge is 0.243 e. The number of fused-ring (bicyclic) bond motifs is 1. The molecule has 2 aromatic carbocycles. The SMILES string of the molecule is Cc1cccc2c1N(C(=O)Cc1ccc(S(=O)(=O)N3CCCCC3)cc1)CC2. The van der Waals surface area contributed by atoms with Crippen molar-refractivity contribution in [3.63, 3.8) is 0 Å². The Bertz CT molecular complexity index is 977. The van der Waals surface area contributed by atoms with Gasteiger partial charge in [-0.3, -0.25) is 4.79 Å². The van der Waals surface area contributed by atoms with Gasteiger partial charge >= 0.3 is 0 Å². The lowest BCUT2D eigenvalue weighted by Crippen LogP contribution is -2.35. The van der Waals surface area contributed by atoms with Crippen LogP contribution in [0.5, 0.6) is 0 Å². The summed E-state index contributed by atoms with van der Waals surface area (Å²) in [6, 6.07) is 12.9. The molecule has 0 unspecified atom stereocenters. The topological polar surface area (TPSA) is 57.7 Å². The number of carbonyl (C=O) groups excluding carboxylic acids is 1. The number of anilines is 1.